The fourth-order valence-electron chi connectivity index (χ4n) is 1.40. The third-order valence-electron chi connectivity index (χ3n) is 2.23. The van der Waals surface area contributed by atoms with Crippen LogP contribution < -0.4 is 56.5 Å². The zero-order valence-corrected chi connectivity index (χ0v) is 13.3. The Kier molecular flexibility index (Phi) is 18.0. The summed E-state index contributed by atoms with van der Waals surface area (Å²) in [6.45, 7) is 2.21. The van der Waals surface area contributed by atoms with Crippen LogP contribution in [0.4, 0.5) is 0 Å². The predicted octanol–water partition coefficient (Wildman–Crippen LogP) is -0.563. The summed E-state index contributed by atoms with van der Waals surface area (Å²) in [4.78, 5) is 10.0. The molecule has 0 aromatic heterocycles. The van der Waals surface area contributed by atoms with Crippen molar-refractivity contribution < 1.29 is 61.3 Å². The van der Waals surface area contributed by atoms with Crippen LogP contribution in [0.25, 0.3) is 0 Å². The molecule has 0 aliphatic rings. The van der Waals surface area contributed by atoms with Crippen molar-refractivity contribution >= 4 is 5.97 Å². The Morgan fingerprint density at radius 2 is 1.60 bits per heavy atom. The Balaban J connectivity index is 0. The monoisotopic (exact) mass is 236 g/mol. The number of allylic oxidation sites excluding steroid dienone is 1. The van der Waals surface area contributed by atoms with Crippen LogP contribution in [0.1, 0.15) is 58.3 Å². The van der Waals surface area contributed by atoms with Gasteiger partial charge in [-0.05, 0) is 18.9 Å². The van der Waals surface area contributed by atoms with Crippen molar-refractivity contribution in [3.8, 4) is 0 Å². The Labute approximate surface area is 136 Å². The molecule has 0 rings (SSSR count). The minimum atomic E-state index is -1.09. The normalized spacial score (nSPS) is 10.2. The molecule has 0 aliphatic heterocycles. The summed E-state index contributed by atoms with van der Waals surface area (Å²) in [6.07, 6.45) is 12.5. The summed E-state index contributed by atoms with van der Waals surface area (Å²) in [5, 5.41) is 10.0. The van der Waals surface area contributed by atoms with Crippen molar-refractivity contribution in [3.63, 3.8) is 0 Å². The molecule has 0 aromatic carbocycles. The first kappa shape index (κ1) is 18.2. The number of carbonyl (C=O) groups excluding carboxylic acids is 1. The van der Waals surface area contributed by atoms with Crippen molar-refractivity contribution in [2.24, 2.45) is 0 Å². The third kappa shape index (κ3) is 17.5. The number of carbonyl (C=O) groups is 1. The summed E-state index contributed by atoms with van der Waals surface area (Å²) in [6, 6.07) is 0. The molecule has 0 N–H and O–H groups in total. The summed E-state index contributed by atoms with van der Waals surface area (Å²) in [5.74, 6) is -1.09. The van der Waals surface area contributed by atoms with Crippen LogP contribution in [-0.2, 0) is 4.79 Å². The van der Waals surface area contributed by atoms with Gasteiger partial charge < -0.3 is 9.90 Å². The molecule has 0 heterocycles. The minimum Gasteiger partial charge on any atom is -0.545 e. The van der Waals surface area contributed by atoms with Crippen LogP contribution in [0, 0.1) is 0 Å². The molecule has 2 nitrogen and oxygen atoms in total. The molecule has 0 bridgehead atoms. The maximum absolute atomic E-state index is 10.0. The number of hydrogen-bond acceptors (Lipinski definition) is 2. The molecular formula is C12H21KO2. The Morgan fingerprint density at radius 1 is 1.07 bits per heavy atom. The molecular weight excluding hydrogens is 215 g/mol. The molecule has 0 spiro atoms. The van der Waals surface area contributed by atoms with Gasteiger partial charge in [0, 0.05) is 0 Å². The van der Waals surface area contributed by atoms with Gasteiger partial charge in [-0.3, -0.25) is 0 Å². The molecule has 82 valence electrons. The van der Waals surface area contributed by atoms with E-state index in [2.05, 4.69) is 6.92 Å². The standard InChI is InChI=1S/C12H22O2.K/c1-2-3-4-5-6-7-8-9-10-11-12(13)14;/h10-11H,2-9H2,1H3,(H,13,14);/q;+1/p-1. The molecule has 0 aliphatic carbocycles. The summed E-state index contributed by atoms with van der Waals surface area (Å²) < 4.78 is 0. The summed E-state index contributed by atoms with van der Waals surface area (Å²) in [5.41, 5.74) is 0. The Bertz CT molecular complexity index is 167. The average Bonchev–Trinajstić information content (AvgIpc) is 2.15. The molecule has 0 amide bonds. The average molecular weight is 236 g/mol. The van der Waals surface area contributed by atoms with E-state index in [0.717, 1.165) is 18.9 Å². The van der Waals surface area contributed by atoms with Gasteiger partial charge in [-0.2, -0.15) is 0 Å². The third-order valence-corrected chi connectivity index (χ3v) is 2.23. The van der Waals surface area contributed by atoms with E-state index in [1.807, 2.05) is 0 Å². The van der Waals surface area contributed by atoms with Gasteiger partial charge in [-0.15, -0.1) is 0 Å². The first-order chi connectivity index (χ1) is 6.77. The van der Waals surface area contributed by atoms with Crippen LogP contribution in [-0.4, -0.2) is 5.97 Å². The summed E-state index contributed by atoms with van der Waals surface area (Å²) >= 11 is 0. The van der Waals surface area contributed by atoms with Gasteiger partial charge in [0.05, 0.1) is 5.97 Å². The van der Waals surface area contributed by atoms with Gasteiger partial charge in [-0.25, -0.2) is 0 Å². The molecule has 3 heteroatoms. The van der Waals surface area contributed by atoms with E-state index in [0.29, 0.717) is 0 Å². The number of hydrogen-bond donors (Lipinski definition) is 0. The van der Waals surface area contributed by atoms with Gasteiger partial charge in [0.25, 0.3) is 0 Å². The van der Waals surface area contributed by atoms with E-state index in [4.69, 9.17) is 0 Å². The molecule has 15 heavy (non-hydrogen) atoms. The largest absolute Gasteiger partial charge is 1.00 e. The van der Waals surface area contributed by atoms with Crippen LogP contribution in [0.5, 0.6) is 0 Å². The van der Waals surface area contributed by atoms with Gasteiger partial charge in [0.15, 0.2) is 0 Å². The van der Waals surface area contributed by atoms with Crippen molar-refractivity contribution in [1.29, 1.82) is 0 Å². The second-order valence-corrected chi connectivity index (χ2v) is 3.63. The van der Waals surface area contributed by atoms with E-state index in [1.54, 1.807) is 6.08 Å². The first-order valence-electron chi connectivity index (χ1n) is 5.65. The molecule has 0 saturated heterocycles. The SMILES string of the molecule is CCCCCCCCCC=CC(=O)[O-].[K+]. The molecule has 0 saturated carbocycles. The zero-order chi connectivity index (χ0) is 10.6. The molecule has 0 fully saturated rings. The van der Waals surface area contributed by atoms with E-state index in [1.165, 1.54) is 38.5 Å². The fourth-order valence-corrected chi connectivity index (χ4v) is 1.40. The molecule has 0 atom stereocenters. The zero-order valence-electron chi connectivity index (χ0n) is 10.1. The van der Waals surface area contributed by atoms with Gasteiger partial charge in [-0.1, -0.05) is 51.5 Å². The van der Waals surface area contributed by atoms with Crippen molar-refractivity contribution in [1.82, 2.24) is 0 Å². The van der Waals surface area contributed by atoms with Crippen molar-refractivity contribution in [2.75, 3.05) is 0 Å². The molecule has 0 unspecified atom stereocenters. The smallest absolute Gasteiger partial charge is 0.545 e. The van der Waals surface area contributed by atoms with Crippen molar-refractivity contribution in [2.45, 2.75) is 58.3 Å². The number of carboxylic acid groups (broad SMARTS) is 1. The minimum absolute atomic E-state index is 0. The number of rotatable bonds is 9. The van der Waals surface area contributed by atoms with Crippen LogP contribution in [0.15, 0.2) is 12.2 Å². The summed E-state index contributed by atoms with van der Waals surface area (Å²) in [7, 11) is 0. The number of carboxylic acids is 1. The maximum Gasteiger partial charge on any atom is 1.00 e. The van der Waals surface area contributed by atoms with Crippen LogP contribution in [0.3, 0.4) is 0 Å². The van der Waals surface area contributed by atoms with E-state index in [-0.39, 0.29) is 51.4 Å². The fraction of sp³-hybridized carbons (Fsp3) is 0.750. The quantitative estimate of drug-likeness (QED) is 0.306. The molecule has 0 radical (unpaired) electrons. The topological polar surface area (TPSA) is 40.1 Å². The van der Waals surface area contributed by atoms with Gasteiger partial charge in [0.1, 0.15) is 0 Å². The van der Waals surface area contributed by atoms with E-state index in [9.17, 15) is 9.90 Å². The Morgan fingerprint density at radius 3 is 2.13 bits per heavy atom. The Hall–Kier alpha value is 0.846. The molecule has 0 aromatic rings. The van der Waals surface area contributed by atoms with Crippen molar-refractivity contribution in [3.05, 3.63) is 12.2 Å². The maximum atomic E-state index is 10.0. The first-order valence-corrected chi connectivity index (χ1v) is 5.65. The number of aliphatic carboxylic acids is 1. The van der Waals surface area contributed by atoms with Gasteiger partial charge >= 0.3 is 51.4 Å². The number of unbranched alkanes of at least 4 members (excludes halogenated alkanes) is 7. The van der Waals surface area contributed by atoms with Gasteiger partial charge in [0.2, 0.25) is 0 Å². The van der Waals surface area contributed by atoms with Crippen LogP contribution >= 0.6 is 0 Å². The van der Waals surface area contributed by atoms with Crippen LogP contribution in [0.2, 0.25) is 0 Å². The second-order valence-electron chi connectivity index (χ2n) is 3.63. The second kappa shape index (κ2) is 14.8. The van der Waals surface area contributed by atoms with E-state index >= 15 is 0 Å². The van der Waals surface area contributed by atoms with E-state index < -0.39 is 5.97 Å². The predicted molar refractivity (Wildman–Crippen MR) is 56.8 cm³/mol.